The lowest BCUT2D eigenvalue weighted by Gasteiger charge is -2.11. The molecule has 10 heteroatoms. The van der Waals surface area contributed by atoms with Crippen LogP contribution in [-0.4, -0.2) is 31.5 Å². The van der Waals surface area contributed by atoms with Gasteiger partial charge in [0.25, 0.3) is 0 Å². The van der Waals surface area contributed by atoms with Crippen LogP contribution in [0.2, 0.25) is 0 Å². The third-order valence-electron chi connectivity index (χ3n) is 4.28. The van der Waals surface area contributed by atoms with Crippen molar-refractivity contribution in [3.63, 3.8) is 0 Å². The lowest BCUT2D eigenvalue weighted by atomic mass is 10.0. The minimum Gasteiger partial charge on any atom is -0.381 e. The maximum atomic E-state index is 14.0. The van der Waals surface area contributed by atoms with Gasteiger partial charge in [-0.3, -0.25) is 0 Å². The molecular formula is C20H23FN6O2S. The van der Waals surface area contributed by atoms with Crippen LogP contribution in [0.1, 0.15) is 11.1 Å². The summed E-state index contributed by atoms with van der Waals surface area (Å²) in [4.78, 5) is 8.20. The first-order valence-electron chi connectivity index (χ1n) is 9.15. The Bertz CT molecular complexity index is 1160. The van der Waals surface area contributed by atoms with E-state index in [2.05, 4.69) is 26.7 Å². The molecule has 0 aliphatic carbocycles. The third-order valence-corrected chi connectivity index (χ3v) is 5.19. The molecule has 0 fully saturated rings. The van der Waals surface area contributed by atoms with Crippen LogP contribution in [-0.2, 0) is 10.0 Å². The van der Waals surface area contributed by atoms with E-state index in [0.29, 0.717) is 24.6 Å². The van der Waals surface area contributed by atoms with Crippen molar-refractivity contribution in [3.05, 3.63) is 59.4 Å². The Hall–Kier alpha value is -3.24. The van der Waals surface area contributed by atoms with E-state index in [1.54, 1.807) is 6.07 Å². The van der Waals surface area contributed by atoms with Crippen molar-refractivity contribution < 1.29 is 12.8 Å². The maximum absolute atomic E-state index is 14.0. The molecule has 6 N–H and O–H groups in total. The van der Waals surface area contributed by atoms with Gasteiger partial charge in [0.15, 0.2) is 0 Å². The van der Waals surface area contributed by atoms with Crippen LogP contribution in [0.4, 0.5) is 21.8 Å². The molecule has 0 saturated carbocycles. The topological polar surface area (TPSA) is 136 Å². The predicted octanol–water partition coefficient (Wildman–Crippen LogP) is 2.65. The molecule has 158 valence electrons. The van der Waals surface area contributed by atoms with Crippen LogP contribution in [0.25, 0.3) is 11.3 Å². The fourth-order valence-corrected chi connectivity index (χ4v) is 3.56. The zero-order valence-corrected chi connectivity index (χ0v) is 17.4. The highest BCUT2D eigenvalue weighted by Gasteiger charge is 2.11. The fourth-order valence-electron chi connectivity index (χ4n) is 3.03. The van der Waals surface area contributed by atoms with Crippen molar-refractivity contribution in [1.82, 2.24) is 9.97 Å². The molecule has 1 aromatic heterocycles. The van der Waals surface area contributed by atoms with Crippen molar-refractivity contribution in [2.24, 2.45) is 5.14 Å². The van der Waals surface area contributed by atoms with Crippen LogP contribution >= 0.6 is 0 Å². The summed E-state index contributed by atoms with van der Waals surface area (Å²) in [6.07, 6.45) is 0. The Kier molecular flexibility index (Phi) is 6.18. The summed E-state index contributed by atoms with van der Waals surface area (Å²) in [5, 5.41) is 11.0. The molecule has 1 heterocycles. The van der Waals surface area contributed by atoms with Crippen molar-refractivity contribution in [2.45, 2.75) is 18.7 Å². The van der Waals surface area contributed by atoms with E-state index in [-0.39, 0.29) is 16.5 Å². The molecule has 0 aliphatic heterocycles. The zero-order valence-electron chi connectivity index (χ0n) is 16.6. The van der Waals surface area contributed by atoms with Gasteiger partial charge in [-0.1, -0.05) is 17.2 Å². The van der Waals surface area contributed by atoms with Gasteiger partial charge < -0.3 is 16.4 Å². The van der Waals surface area contributed by atoms with Gasteiger partial charge in [-0.15, -0.1) is 0 Å². The smallest absolute Gasteiger partial charge is 0.238 e. The number of anilines is 3. The number of nitrogens with one attached hydrogen (secondary N) is 2. The molecule has 0 amide bonds. The average molecular weight is 431 g/mol. The third kappa shape index (κ3) is 5.43. The van der Waals surface area contributed by atoms with E-state index >= 15 is 0 Å². The van der Waals surface area contributed by atoms with Crippen molar-refractivity contribution >= 4 is 27.5 Å². The lowest BCUT2D eigenvalue weighted by Crippen LogP contribution is -2.16. The monoisotopic (exact) mass is 430 g/mol. The van der Waals surface area contributed by atoms with Crippen LogP contribution < -0.4 is 21.5 Å². The zero-order chi connectivity index (χ0) is 21.9. The Labute approximate surface area is 174 Å². The lowest BCUT2D eigenvalue weighted by molar-refractivity contribution is 0.593. The first-order valence-corrected chi connectivity index (χ1v) is 10.7. The molecule has 0 saturated heterocycles. The quantitative estimate of drug-likeness (QED) is 0.423. The largest absolute Gasteiger partial charge is 0.381 e. The number of nitrogens with zero attached hydrogens (tertiary/aromatic N) is 2. The number of benzene rings is 2. The Morgan fingerprint density at radius 2 is 1.63 bits per heavy atom. The summed E-state index contributed by atoms with van der Waals surface area (Å²) in [5.74, 6) is -0.0137. The maximum Gasteiger partial charge on any atom is 0.238 e. The second-order valence-corrected chi connectivity index (χ2v) is 8.47. The molecule has 30 heavy (non-hydrogen) atoms. The van der Waals surface area contributed by atoms with E-state index < -0.39 is 15.8 Å². The number of aromatic nitrogens is 2. The van der Waals surface area contributed by atoms with Gasteiger partial charge in [0, 0.05) is 24.7 Å². The van der Waals surface area contributed by atoms with E-state index in [0.717, 1.165) is 22.8 Å². The Balaban J connectivity index is 1.65. The molecule has 0 radical (unpaired) electrons. The summed E-state index contributed by atoms with van der Waals surface area (Å²) in [7, 11) is -3.95. The molecule has 0 unspecified atom stereocenters. The van der Waals surface area contributed by atoms with Gasteiger partial charge in [0.05, 0.1) is 16.3 Å². The number of primary sulfonamides is 1. The highest BCUT2D eigenvalue weighted by atomic mass is 32.2. The van der Waals surface area contributed by atoms with Gasteiger partial charge >= 0.3 is 0 Å². The van der Waals surface area contributed by atoms with Crippen molar-refractivity contribution in [1.29, 1.82) is 0 Å². The number of nitrogens with two attached hydrogens (primary N) is 2. The molecule has 8 nitrogen and oxygen atoms in total. The Morgan fingerprint density at radius 1 is 0.967 bits per heavy atom. The summed E-state index contributed by atoms with van der Waals surface area (Å²) in [6.45, 7) is 4.80. The standard InChI is InChI=1S/C20H23FN6O2S/c1-12-7-13(2)9-14(8-12)18-11-19(27-20(22)26-18)25-6-5-24-17-4-3-15(10-16(17)21)30(23,28)29/h3-4,7-11,24H,5-6H2,1-2H3,(H2,23,28,29)(H3,22,25,26,27). The highest BCUT2D eigenvalue weighted by molar-refractivity contribution is 7.89. The van der Waals surface area contributed by atoms with E-state index in [1.165, 1.54) is 12.1 Å². The minimum atomic E-state index is -3.95. The number of nitrogen functional groups attached to an aromatic ring is 1. The average Bonchev–Trinajstić information content (AvgIpc) is 2.64. The Morgan fingerprint density at radius 3 is 2.27 bits per heavy atom. The first kappa shape index (κ1) is 21.5. The van der Waals surface area contributed by atoms with Gasteiger partial charge in [-0.05, 0) is 44.2 Å². The highest BCUT2D eigenvalue weighted by Crippen LogP contribution is 2.23. The van der Waals surface area contributed by atoms with Crippen molar-refractivity contribution in [3.8, 4) is 11.3 Å². The number of sulfonamides is 1. The molecule has 0 atom stereocenters. The number of hydrogen-bond acceptors (Lipinski definition) is 7. The number of rotatable bonds is 7. The first-order chi connectivity index (χ1) is 14.1. The van der Waals surface area contributed by atoms with Crippen LogP contribution in [0, 0.1) is 19.7 Å². The van der Waals surface area contributed by atoms with Gasteiger partial charge in [-0.2, -0.15) is 4.98 Å². The predicted molar refractivity (Wildman–Crippen MR) is 116 cm³/mol. The summed E-state index contributed by atoms with van der Waals surface area (Å²) in [6, 6.07) is 11.4. The van der Waals surface area contributed by atoms with E-state index in [1.807, 2.05) is 26.0 Å². The van der Waals surface area contributed by atoms with E-state index in [9.17, 15) is 12.8 Å². The van der Waals surface area contributed by atoms with Gasteiger partial charge in [0.1, 0.15) is 11.6 Å². The van der Waals surface area contributed by atoms with Crippen molar-refractivity contribution in [2.75, 3.05) is 29.5 Å². The van der Waals surface area contributed by atoms with Gasteiger partial charge in [-0.25, -0.2) is 22.9 Å². The second-order valence-electron chi connectivity index (χ2n) is 6.91. The van der Waals surface area contributed by atoms with Crippen LogP contribution in [0.3, 0.4) is 0 Å². The molecule has 0 spiro atoms. The fraction of sp³-hybridized carbons (Fsp3) is 0.200. The number of aryl methyl sites for hydroxylation is 2. The molecule has 3 aromatic rings. The molecule has 2 aromatic carbocycles. The SMILES string of the molecule is Cc1cc(C)cc(-c2cc(NCCNc3ccc(S(N)(=O)=O)cc3F)nc(N)n2)c1. The summed E-state index contributed by atoms with van der Waals surface area (Å²) >= 11 is 0. The van der Waals surface area contributed by atoms with E-state index in [4.69, 9.17) is 10.9 Å². The molecule has 3 rings (SSSR count). The summed E-state index contributed by atoms with van der Waals surface area (Å²) < 4.78 is 36.6. The molecule has 0 bridgehead atoms. The van der Waals surface area contributed by atoms with Gasteiger partial charge in [0.2, 0.25) is 16.0 Å². The summed E-state index contributed by atoms with van der Waals surface area (Å²) in [5.41, 5.74) is 9.91. The second kappa shape index (κ2) is 8.64. The minimum absolute atomic E-state index is 0.145. The number of hydrogen-bond donors (Lipinski definition) is 4. The van der Waals surface area contributed by atoms with Crippen LogP contribution in [0.5, 0.6) is 0 Å². The van der Waals surface area contributed by atoms with Crippen LogP contribution in [0.15, 0.2) is 47.4 Å². The number of halogens is 1. The molecular weight excluding hydrogens is 407 g/mol. The normalized spacial score (nSPS) is 11.3. The molecule has 0 aliphatic rings.